The Balaban J connectivity index is 1.39. The van der Waals surface area contributed by atoms with Crippen LogP contribution in [0.5, 0.6) is 11.5 Å². The van der Waals surface area contributed by atoms with Crippen LogP contribution in [-0.4, -0.2) is 29.8 Å². The number of para-hydroxylation sites is 1. The van der Waals surface area contributed by atoms with Crippen LogP contribution in [-0.2, 0) is 20.9 Å². The SMILES string of the molecule is CCOC(=O)C1=C(c2ccccc2)N=c2s/c(=C3/C(=O)N(Cc4ccccc4Cl)c4ccccc43)c(=O)n2[C@@H]1c1ccc2c(c1)OCO2. The molecule has 1 aromatic heterocycles. The van der Waals surface area contributed by atoms with Gasteiger partial charge in [0.2, 0.25) is 6.79 Å². The van der Waals surface area contributed by atoms with Gasteiger partial charge in [-0.2, -0.15) is 0 Å². The van der Waals surface area contributed by atoms with Gasteiger partial charge in [0.1, 0.15) is 4.53 Å². The molecule has 5 aromatic rings. The van der Waals surface area contributed by atoms with Gasteiger partial charge in [0.05, 0.1) is 41.7 Å². The Bertz CT molecular complexity index is 2360. The Kier molecular flexibility index (Phi) is 7.46. The van der Waals surface area contributed by atoms with E-state index in [1.54, 1.807) is 36.1 Å². The Morgan fingerprint density at radius 1 is 0.958 bits per heavy atom. The topological polar surface area (TPSA) is 99.4 Å². The number of fused-ring (bicyclic) bond motifs is 3. The number of nitrogens with zero attached hydrogens (tertiary/aromatic N) is 3. The number of anilines is 1. The van der Waals surface area contributed by atoms with Crippen LogP contribution in [0.1, 0.15) is 35.2 Å². The average molecular weight is 676 g/mol. The first-order valence-corrected chi connectivity index (χ1v) is 16.5. The van der Waals surface area contributed by atoms with Crippen LogP contribution in [0.3, 0.4) is 0 Å². The molecule has 8 rings (SSSR count). The maximum Gasteiger partial charge on any atom is 0.338 e. The van der Waals surface area contributed by atoms with Gasteiger partial charge >= 0.3 is 5.97 Å². The third kappa shape index (κ3) is 4.83. The number of aromatic nitrogens is 1. The Morgan fingerprint density at radius 3 is 2.52 bits per heavy atom. The molecule has 48 heavy (non-hydrogen) atoms. The predicted octanol–water partition coefficient (Wildman–Crippen LogP) is 5.23. The third-order valence-corrected chi connectivity index (χ3v) is 9.92. The van der Waals surface area contributed by atoms with Gasteiger partial charge in [-0.1, -0.05) is 95.7 Å². The van der Waals surface area contributed by atoms with Gasteiger partial charge < -0.3 is 19.1 Å². The molecule has 0 N–H and O–H groups in total. The summed E-state index contributed by atoms with van der Waals surface area (Å²) < 4.78 is 18.5. The fourth-order valence-corrected chi connectivity index (χ4v) is 7.63. The van der Waals surface area contributed by atoms with Crippen molar-refractivity contribution in [1.29, 1.82) is 0 Å². The average Bonchev–Trinajstić information content (AvgIpc) is 3.79. The van der Waals surface area contributed by atoms with E-state index in [9.17, 15) is 14.4 Å². The molecule has 0 spiro atoms. The summed E-state index contributed by atoms with van der Waals surface area (Å²) in [6.45, 7) is 2.14. The lowest BCUT2D eigenvalue weighted by atomic mass is 9.93. The second-order valence-corrected chi connectivity index (χ2v) is 12.6. The van der Waals surface area contributed by atoms with E-state index in [-0.39, 0.29) is 41.5 Å². The van der Waals surface area contributed by atoms with E-state index in [2.05, 4.69) is 0 Å². The molecule has 3 aliphatic heterocycles. The summed E-state index contributed by atoms with van der Waals surface area (Å²) in [6.07, 6.45) is 0. The summed E-state index contributed by atoms with van der Waals surface area (Å²) in [5.74, 6) is 0.127. The van der Waals surface area contributed by atoms with E-state index < -0.39 is 17.6 Å². The van der Waals surface area contributed by atoms with Gasteiger partial charge in [-0.25, -0.2) is 9.79 Å². The highest BCUT2D eigenvalue weighted by molar-refractivity contribution is 7.07. The number of carbonyl (C=O) groups excluding carboxylic acids is 2. The van der Waals surface area contributed by atoms with Crippen molar-refractivity contribution in [3.8, 4) is 11.5 Å². The van der Waals surface area contributed by atoms with Crippen LogP contribution in [0.15, 0.2) is 112 Å². The summed E-state index contributed by atoms with van der Waals surface area (Å²) in [5, 5.41) is 0.541. The monoisotopic (exact) mass is 675 g/mol. The minimum absolute atomic E-state index is 0.0625. The van der Waals surface area contributed by atoms with E-state index in [1.165, 1.54) is 4.57 Å². The first-order chi connectivity index (χ1) is 23.4. The Labute approximate surface area is 283 Å². The van der Waals surface area contributed by atoms with Gasteiger partial charge in [-0.3, -0.25) is 14.2 Å². The lowest BCUT2D eigenvalue weighted by Crippen LogP contribution is -2.41. The highest BCUT2D eigenvalue weighted by Crippen LogP contribution is 2.41. The zero-order chi connectivity index (χ0) is 32.9. The molecule has 11 heteroatoms. The number of esters is 1. The molecule has 3 aliphatic rings. The molecule has 0 saturated carbocycles. The maximum atomic E-state index is 14.7. The lowest BCUT2D eigenvalue weighted by molar-refractivity contribution is -0.138. The molecule has 0 saturated heterocycles. The number of hydrogen-bond donors (Lipinski definition) is 0. The van der Waals surface area contributed by atoms with Gasteiger partial charge in [-0.15, -0.1) is 0 Å². The highest BCUT2D eigenvalue weighted by Gasteiger charge is 2.39. The summed E-state index contributed by atoms with van der Waals surface area (Å²) in [6, 6.07) is 28.4. The van der Waals surface area contributed by atoms with Crippen molar-refractivity contribution in [1.82, 2.24) is 4.57 Å². The summed E-state index contributed by atoms with van der Waals surface area (Å²) in [5.41, 5.74) is 3.76. The largest absolute Gasteiger partial charge is 0.463 e. The zero-order valence-electron chi connectivity index (χ0n) is 25.5. The van der Waals surface area contributed by atoms with E-state index >= 15 is 0 Å². The van der Waals surface area contributed by atoms with Gasteiger partial charge in [-0.05, 0) is 42.3 Å². The predicted molar refractivity (Wildman–Crippen MR) is 182 cm³/mol. The van der Waals surface area contributed by atoms with Crippen molar-refractivity contribution in [2.24, 2.45) is 4.99 Å². The minimum atomic E-state index is -0.940. The molecule has 238 valence electrons. The second kappa shape index (κ2) is 12.0. The number of rotatable bonds is 6. The van der Waals surface area contributed by atoms with E-state index in [4.69, 9.17) is 30.8 Å². The summed E-state index contributed by atoms with van der Waals surface area (Å²) >= 11 is 7.61. The van der Waals surface area contributed by atoms with E-state index in [0.717, 1.165) is 16.9 Å². The van der Waals surface area contributed by atoms with Crippen molar-refractivity contribution in [3.63, 3.8) is 0 Å². The number of halogens is 1. The molecule has 0 fully saturated rings. The molecule has 0 radical (unpaired) electrons. The normalized spacial score (nSPS) is 17.2. The molecule has 1 amide bonds. The van der Waals surface area contributed by atoms with Crippen LogP contribution in [0.25, 0.3) is 11.3 Å². The van der Waals surface area contributed by atoms with Crippen molar-refractivity contribution in [2.75, 3.05) is 18.3 Å². The Morgan fingerprint density at radius 2 is 1.71 bits per heavy atom. The molecule has 0 unspecified atom stereocenters. The fraction of sp³-hybridized carbons (Fsp3) is 0.135. The van der Waals surface area contributed by atoms with Crippen LogP contribution >= 0.6 is 22.9 Å². The third-order valence-electron chi connectivity index (χ3n) is 8.50. The summed E-state index contributed by atoms with van der Waals surface area (Å²) in [4.78, 5) is 49.8. The standard InChI is InChI=1S/C37H26ClN3O6S/c1-2-45-36(44)30-31(21-10-4-3-5-11-21)39-37-41(32(30)22-16-17-27-28(18-22)47-20-46-27)35(43)33(48-37)29-24-13-7-9-15-26(24)40(34(29)42)19-23-12-6-8-14-25(23)38/h3-18,32H,2,19-20H2,1H3/b33-29+/t32-/m1/s1. The molecule has 9 nitrogen and oxygen atoms in total. The maximum absolute atomic E-state index is 14.7. The van der Waals surface area contributed by atoms with Gasteiger partial charge in [0.25, 0.3) is 11.5 Å². The number of amides is 1. The lowest BCUT2D eigenvalue weighted by Gasteiger charge is -2.26. The Hall–Kier alpha value is -5.45. The van der Waals surface area contributed by atoms with Crippen molar-refractivity contribution < 1.29 is 23.8 Å². The number of thiazole rings is 1. The van der Waals surface area contributed by atoms with E-state index in [0.29, 0.717) is 49.4 Å². The first-order valence-electron chi connectivity index (χ1n) is 15.3. The van der Waals surface area contributed by atoms with Gasteiger partial charge in [0.15, 0.2) is 16.3 Å². The summed E-state index contributed by atoms with van der Waals surface area (Å²) in [7, 11) is 0. The van der Waals surface area contributed by atoms with E-state index in [1.807, 2.05) is 72.8 Å². The second-order valence-electron chi connectivity index (χ2n) is 11.2. The number of carbonyl (C=O) groups is 2. The fourth-order valence-electron chi connectivity index (χ4n) is 6.34. The molecule has 0 aliphatic carbocycles. The minimum Gasteiger partial charge on any atom is -0.463 e. The smallest absolute Gasteiger partial charge is 0.338 e. The molecule has 1 atom stereocenters. The van der Waals surface area contributed by atoms with Crippen LogP contribution in [0.4, 0.5) is 5.69 Å². The number of ether oxygens (including phenoxy) is 3. The van der Waals surface area contributed by atoms with Crippen molar-refractivity contribution in [2.45, 2.75) is 19.5 Å². The highest BCUT2D eigenvalue weighted by atomic mass is 35.5. The van der Waals surface area contributed by atoms with Crippen molar-refractivity contribution in [3.05, 3.63) is 150 Å². The van der Waals surface area contributed by atoms with Crippen LogP contribution in [0, 0.1) is 0 Å². The molecule has 0 bridgehead atoms. The quantitative estimate of drug-likeness (QED) is 0.229. The first kappa shape index (κ1) is 29.9. The van der Waals surface area contributed by atoms with Crippen LogP contribution in [0.2, 0.25) is 5.02 Å². The molecule has 4 heterocycles. The van der Waals surface area contributed by atoms with Crippen LogP contribution < -0.4 is 29.3 Å². The number of benzene rings is 4. The number of hydrogen-bond acceptors (Lipinski definition) is 8. The molecular weight excluding hydrogens is 650 g/mol. The van der Waals surface area contributed by atoms with Crippen molar-refractivity contribution >= 4 is 51.8 Å². The zero-order valence-corrected chi connectivity index (χ0v) is 27.1. The molecular formula is C37H26ClN3O6S. The molecule has 4 aromatic carbocycles. The van der Waals surface area contributed by atoms with Gasteiger partial charge in [0, 0.05) is 16.1 Å².